The first-order valence-corrected chi connectivity index (χ1v) is 15.1. The van der Waals surface area contributed by atoms with Crippen molar-refractivity contribution >= 4 is 6.08 Å². The summed E-state index contributed by atoms with van der Waals surface area (Å²) in [6.45, 7) is 3.77. The fourth-order valence-electron chi connectivity index (χ4n) is 9.92. The summed E-state index contributed by atoms with van der Waals surface area (Å²) in [5.74, 6) is 3.11. The summed E-state index contributed by atoms with van der Waals surface area (Å²) in [7, 11) is 3.70. The Morgan fingerprint density at radius 3 is 2.72 bits per heavy atom. The molecule has 6 atom stereocenters. The van der Waals surface area contributed by atoms with Crippen molar-refractivity contribution in [3.8, 4) is 11.5 Å². The molecule has 206 valence electrons. The minimum absolute atomic E-state index is 0.00709. The molecular formula is C34H41NO4. The van der Waals surface area contributed by atoms with Gasteiger partial charge in [0.15, 0.2) is 11.5 Å². The normalized spacial score (nSPS) is 37.6. The number of nitrogens with zero attached hydrogens (tertiary/aromatic N) is 1. The zero-order valence-corrected chi connectivity index (χ0v) is 23.4. The maximum Gasteiger partial charge on any atom is 0.165 e. The monoisotopic (exact) mass is 527 g/mol. The third-order valence-corrected chi connectivity index (χ3v) is 11.7. The molecule has 0 amide bonds. The van der Waals surface area contributed by atoms with Crippen LogP contribution in [0.4, 0.5) is 0 Å². The summed E-state index contributed by atoms with van der Waals surface area (Å²) >= 11 is 0. The lowest BCUT2D eigenvalue weighted by Gasteiger charge is -2.74. The van der Waals surface area contributed by atoms with E-state index < -0.39 is 0 Å². The van der Waals surface area contributed by atoms with Crippen molar-refractivity contribution in [1.29, 1.82) is 0 Å². The van der Waals surface area contributed by atoms with E-state index in [1.165, 1.54) is 49.0 Å². The second-order valence-corrected chi connectivity index (χ2v) is 13.1. The zero-order chi connectivity index (χ0) is 26.2. The van der Waals surface area contributed by atoms with E-state index >= 15 is 0 Å². The Morgan fingerprint density at radius 1 is 1.05 bits per heavy atom. The summed E-state index contributed by atoms with van der Waals surface area (Å²) < 4.78 is 26.1. The van der Waals surface area contributed by atoms with Gasteiger partial charge in [-0.2, -0.15) is 0 Å². The van der Waals surface area contributed by atoms with Gasteiger partial charge in [-0.15, -0.1) is 0 Å². The lowest BCUT2D eigenvalue weighted by Crippen LogP contribution is -2.81. The van der Waals surface area contributed by atoms with Crippen LogP contribution < -0.4 is 9.47 Å². The molecule has 4 bridgehead atoms. The van der Waals surface area contributed by atoms with Crippen molar-refractivity contribution in [1.82, 2.24) is 4.90 Å². The predicted octanol–water partition coefficient (Wildman–Crippen LogP) is 5.65. The summed E-state index contributed by atoms with van der Waals surface area (Å²) in [6.07, 6.45) is 12.8. The van der Waals surface area contributed by atoms with Crippen LogP contribution in [-0.4, -0.2) is 63.2 Å². The zero-order valence-electron chi connectivity index (χ0n) is 23.4. The highest BCUT2D eigenvalue weighted by atomic mass is 16.6. The van der Waals surface area contributed by atoms with Crippen molar-refractivity contribution < 1.29 is 18.9 Å². The van der Waals surface area contributed by atoms with E-state index in [1.807, 2.05) is 7.11 Å². The van der Waals surface area contributed by atoms with E-state index in [-0.39, 0.29) is 22.5 Å². The van der Waals surface area contributed by atoms with Gasteiger partial charge in [-0.25, -0.2) is 0 Å². The van der Waals surface area contributed by atoms with Crippen LogP contribution in [0, 0.1) is 17.3 Å². The van der Waals surface area contributed by atoms with E-state index in [0.29, 0.717) is 25.2 Å². The first-order chi connectivity index (χ1) is 19.1. The van der Waals surface area contributed by atoms with Gasteiger partial charge in [0.2, 0.25) is 0 Å². The predicted molar refractivity (Wildman–Crippen MR) is 151 cm³/mol. The molecule has 5 nitrogen and oxygen atoms in total. The Hall–Kier alpha value is -2.34. The van der Waals surface area contributed by atoms with Crippen LogP contribution in [-0.2, 0) is 21.3 Å². The van der Waals surface area contributed by atoms with Gasteiger partial charge >= 0.3 is 0 Å². The van der Waals surface area contributed by atoms with E-state index in [1.54, 1.807) is 7.11 Å². The molecule has 5 heteroatoms. The van der Waals surface area contributed by atoms with Crippen LogP contribution in [0.15, 0.2) is 48.5 Å². The number of hydrogen-bond acceptors (Lipinski definition) is 5. The number of methoxy groups -OCH3 is 2. The second kappa shape index (κ2) is 8.83. The molecule has 5 aliphatic carbocycles. The van der Waals surface area contributed by atoms with Gasteiger partial charge in [0.05, 0.1) is 20.3 Å². The second-order valence-electron chi connectivity index (χ2n) is 13.1. The van der Waals surface area contributed by atoms with Gasteiger partial charge in [-0.1, -0.05) is 48.6 Å². The largest absolute Gasteiger partial charge is 0.493 e. The first-order valence-electron chi connectivity index (χ1n) is 15.1. The SMILES string of the molecule is COc1ccc2c3c1O[C@H]1[C@@]4(OC)CC[C@@]5(C[C@@H]4COCC=Cc4ccccc4)[C@@H](C2)N(CC2CC2)CC[C@]315. The first kappa shape index (κ1) is 24.5. The van der Waals surface area contributed by atoms with Crippen molar-refractivity contribution in [2.45, 2.75) is 68.1 Å². The Kier molecular flexibility index (Phi) is 5.54. The quantitative estimate of drug-likeness (QED) is 0.394. The van der Waals surface area contributed by atoms with Crippen LogP contribution in [0.2, 0.25) is 0 Å². The van der Waals surface area contributed by atoms with Crippen molar-refractivity contribution in [3.63, 3.8) is 0 Å². The Labute approximate surface area is 232 Å². The molecule has 5 fully saturated rings. The molecule has 39 heavy (non-hydrogen) atoms. The summed E-state index contributed by atoms with van der Waals surface area (Å²) in [4.78, 5) is 2.90. The molecule has 0 N–H and O–H groups in total. The molecule has 0 unspecified atom stereocenters. The number of rotatable bonds is 9. The molecule has 1 saturated heterocycles. The lowest BCUT2D eigenvalue weighted by molar-refractivity contribution is -0.283. The Balaban J connectivity index is 1.16. The van der Waals surface area contributed by atoms with Crippen molar-refractivity contribution in [2.75, 3.05) is 40.5 Å². The minimum atomic E-state index is -0.341. The average molecular weight is 528 g/mol. The number of fused-ring (bicyclic) bond motifs is 2. The summed E-state index contributed by atoms with van der Waals surface area (Å²) in [5, 5.41) is 0. The van der Waals surface area contributed by atoms with E-state index in [2.05, 4.69) is 59.5 Å². The lowest BCUT2D eigenvalue weighted by atomic mass is 9.35. The minimum Gasteiger partial charge on any atom is -0.493 e. The molecule has 2 heterocycles. The summed E-state index contributed by atoms with van der Waals surface area (Å²) in [5.41, 5.74) is 4.03. The average Bonchev–Trinajstić information content (AvgIpc) is 3.71. The number of hydrogen-bond donors (Lipinski definition) is 0. The molecule has 2 aromatic carbocycles. The van der Waals surface area contributed by atoms with Gasteiger partial charge < -0.3 is 18.9 Å². The van der Waals surface area contributed by atoms with Crippen LogP contribution in [0.3, 0.4) is 0 Å². The van der Waals surface area contributed by atoms with Crippen molar-refractivity contribution in [3.05, 3.63) is 65.2 Å². The third-order valence-electron chi connectivity index (χ3n) is 11.7. The van der Waals surface area contributed by atoms with E-state index in [9.17, 15) is 0 Å². The third kappa shape index (κ3) is 3.24. The maximum atomic E-state index is 7.13. The highest BCUT2D eigenvalue weighted by Gasteiger charge is 2.80. The molecule has 0 aromatic heterocycles. The van der Waals surface area contributed by atoms with Gasteiger partial charge in [0, 0.05) is 42.0 Å². The van der Waals surface area contributed by atoms with Crippen LogP contribution >= 0.6 is 0 Å². The fourth-order valence-corrected chi connectivity index (χ4v) is 9.92. The molecule has 2 aromatic rings. The number of benzene rings is 2. The number of piperidine rings is 1. The van der Waals surface area contributed by atoms with Crippen LogP contribution in [0.5, 0.6) is 11.5 Å². The molecular weight excluding hydrogens is 486 g/mol. The standard InChI is InChI=1S/C34H41NO4/c1-36-27-13-12-25-19-28-32-14-15-34(37-2,26(20-32)22-38-18-6-9-23-7-4-3-5-8-23)31-33(32,29(25)30(27)39-31)16-17-35(28)21-24-10-11-24/h3-9,12-13,24,26,28,31H,10-11,14-22H2,1-2H3/t26-,28-,31-,32-,33+,34-/m1/s1. The molecule has 2 spiro atoms. The number of likely N-dealkylation sites (tertiary alicyclic amines) is 1. The molecule has 7 aliphatic rings. The van der Waals surface area contributed by atoms with E-state index in [4.69, 9.17) is 18.9 Å². The van der Waals surface area contributed by atoms with Crippen LogP contribution in [0.1, 0.15) is 55.2 Å². The topological polar surface area (TPSA) is 40.2 Å². The smallest absolute Gasteiger partial charge is 0.165 e. The van der Waals surface area contributed by atoms with Gasteiger partial charge in [0.1, 0.15) is 11.7 Å². The number of ether oxygens (including phenoxy) is 4. The van der Waals surface area contributed by atoms with Crippen LogP contribution in [0.25, 0.3) is 6.08 Å². The molecule has 9 rings (SSSR count). The van der Waals surface area contributed by atoms with Gasteiger partial charge in [0.25, 0.3) is 0 Å². The highest BCUT2D eigenvalue weighted by molar-refractivity contribution is 5.63. The maximum absolute atomic E-state index is 7.13. The van der Waals surface area contributed by atoms with Crippen molar-refractivity contribution in [2.24, 2.45) is 17.3 Å². The Bertz CT molecular complexity index is 1290. The van der Waals surface area contributed by atoms with E-state index in [0.717, 1.165) is 43.1 Å². The Morgan fingerprint density at radius 2 is 1.92 bits per heavy atom. The summed E-state index contributed by atoms with van der Waals surface area (Å²) in [6, 6.07) is 15.5. The molecule has 0 radical (unpaired) electrons. The molecule has 4 saturated carbocycles. The fraction of sp³-hybridized carbons (Fsp3) is 0.588. The van der Waals surface area contributed by atoms with Gasteiger partial charge in [-0.3, -0.25) is 4.90 Å². The molecule has 2 aliphatic heterocycles. The highest BCUT2D eigenvalue weighted by Crippen LogP contribution is 2.76. The van der Waals surface area contributed by atoms with Gasteiger partial charge in [-0.05, 0) is 74.6 Å².